The van der Waals surface area contributed by atoms with Gasteiger partial charge in [-0.25, -0.2) is 9.98 Å². The average Bonchev–Trinajstić information content (AvgIpc) is 2.91. The van der Waals surface area contributed by atoms with E-state index in [0.717, 1.165) is 37.7 Å². The number of benzene rings is 1. The first kappa shape index (κ1) is 23.8. The number of halogens is 1. The van der Waals surface area contributed by atoms with Crippen molar-refractivity contribution < 1.29 is 0 Å². The van der Waals surface area contributed by atoms with Crippen molar-refractivity contribution in [2.24, 2.45) is 4.99 Å². The number of nitrogens with one attached hydrogen (secondary N) is 2. The van der Waals surface area contributed by atoms with Gasteiger partial charge in [-0.1, -0.05) is 24.3 Å². The van der Waals surface area contributed by atoms with E-state index in [4.69, 9.17) is 4.99 Å². The van der Waals surface area contributed by atoms with Crippen molar-refractivity contribution in [1.82, 2.24) is 20.5 Å². The number of aliphatic imine (C=N–C) groups is 1. The Morgan fingerprint density at radius 3 is 2.44 bits per heavy atom. The molecule has 7 heteroatoms. The maximum absolute atomic E-state index is 4.76. The Bertz CT molecular complexity index is 707. The van der Waals surface area contributed by atoms with E-state index in [1.807, 2.05) is 0 Å². The Labute approximate surface area is 184 Å². The molecule has 27 heavy (non-hydrogen) atoms. The molecule has 1 heterocycles. The predicted octanol–water partition coefficient (Wildman–Crippen LogP) is 3.74. The van der Waals surface area contributed by atoms with Crippen LogP contribution in [0.1, 0.15) is 33.6 Å². The van der Waals surface area contributed by atoms with Gasteiger partial charge in [0.25, 0.3) is 0 Å². The third-order valence-electron chi connectivity index (χ3n) is 4.06. The van der Waals surface area contributed by atoms with Gasteiger partial charge in [0, 0.05) is 30.9 Å². The molecule has 0 amide bonds. The zero-order chi connectivity index (χ0) is 18.9. The maximum Gasteiger partial charge on any atom is 0.191 e. The van der Waals surface area contributed by atoms with Crippen LogP contribution in [0.4, 0.5) is 0 Å². The highest BCUT2D eigenvalue weighted by atomic mass is 127. The number of nitrogens with zero attached hydrogens (tertiary/aromatic N) is 3. The summed E-state index contributed by atoms with van der Waals surface area (Å²) in [6, 6.07) is 8.51. The Hall–Kier alpha value is -1.19. The van der Waals surface area contributed by atoms with Gasteiger partial charge in [-0.05, 0) is 46.0 Å². The first-order valence-corrected chi connectivity index (χ1v) is 9.97. The molecule has 0 radical (unpaired) electrons. The van der Waals surface area contributed by atoms with Crippen molar-refractivity contribution in [2.75, 3.05) is 27.2 Å². The molecule has 5 nitrogen and oxygen atoms in total. The minimum Gasteiger partial charge on any atom is -0.357 e. The molecule has 0 atom stereocenters. The van der Waals surface area contributed by atoms with Crippen LogP contribution in [0.2, 0.25) is 0 Å². The zero-order valence-electron chi connectivity index (χ0n) is 17.0. The van der Waals surface area contributed by atoms with Crippen molar-refractivity contribution in [3.05, 3.63) is 51.0 Å². The summed E-state index contributed by atoms with van der Waals surface area (Å²) in [4.78, 5) is 12.9. The molecule has 1 aromatic heterocycles. The average molecular weight is 501 g/mol. The number of hydrogen-bond donors (Lipinski definition) is 2. The standard InChI is InChI=1S/C20H31N5S.HI/c1-6-21-20(22-12-11-19-24-15(2)16(3)26-19)23-13-17-9-7-8-10-18(17)14-25(4)5;/h7-10H,6,11-14H2,1-5H3,(H2,21,22,23);1H. The zero-order valence-corrected chi connectivity index (χ0v) is 20.1. The lowest BCUT2D eigenvalue weighted by Crippen LogP contribution is -2.38. The van der Waals surface area contributed by atoms with Crippen molar-refractivity contribution in [3.8, 4) is 0 Å². The molecule has 0 saturated heterocycles. The van der Waals surface area contributed by atoms with Crippen LogP contribution in [0, 0.1) is 13.8 Å². The summed E-state index contributed by atoms with van der Waals surface area (Å²) in [6.07, 6.45) is 0.918. The van der Waals surface area contributed by atoms with E-state index < -0.39 is 0 Å². The van der Waals surface area contributed by atoms with Crippen LogP contribution < -0.4 is 10.6 Å². The molecule has 0 bridgehead atoms. The summed E-state index contributed by atoms with van der Waals surface area (Å²) in [7, 11) is 4.18. The van der Waals surface area contributed by atoms with Crippen molar-refractivity contribution >= 4 is 41.3 Å². The summed E-state index contributed by atoms with van der Waals surface area (Å²) in [5.41, 5.74) is 3.73. The Morgan fingerprint density at radius 2 is 1.85 bits per heavy atom. The number of guanidine groups is 1. The second-order valence-electron chi connectivity index (χ2n) is 6.63. The second kappa shape index (κ2) is 12.3. The van der Waals surface area contributed by atoms with E-state index in [9.17, 15) is 0 Å². The van der Waals surface area contributed by atoms with Crippen LogP contribution in [-0.2, 0) is 19.5 Å². The molecule has 0 aliphatic rings. The van der Waals surface area contributed by atoms with Crippen LogP contribution in [0.15, 0.2) is 29.3 Å². The van der Waals surface area contributed by atoms with Gasteiger partial charge < -0.3 is 15.5 Å². The first-order chi connectivity index (χ1) is 12.5. The van der Waals surface area contributed by atoms with E-state index in [2.05, 4.69) is 79.6 Å². The highest BCUT2D eigenvalue weighted by molar-refractivity contribution is 14.0. The number of thiazole rings is 1. The quantitative estimate of drug-likeness (QED) is 0.329. The minimum absolute atomic E-state index is 0. The number of rotatable bonds is 8. The van der Waals surface area contributed by atoms with E-state index in [1.54, 1.807) is 11.3 Å². The van der Waals surface area contributed by atoms with Crippen LogP contribution in [0.3, 0.4) is 0 Å². The molecule has 0 unspecified atom stereocenters. The fourth-order valence-corrected chi connectivity index (χ4v) is 3.58. The molecular weight excluding hydrogens is 469 g/mol. The van der Waals surface area contributed by atoms with E-state index in [0.29, 0.717) is 6.54 Å². The molecule has 0 spiro atoms. The van der Waals surface area contributed by atoms with Gasteiger partial charge in [-0.2, -0.15) is 0 Å². The van der Waals surface area contributed by atoms with E-state index >= 15 is 0 Å². The Kier molecular flexibility index (Phi) is 10.9. The fraction of sp³-hybridized carbons (Fsp3) is 0.500. The van der Waals surface area contributed by atoms with Gasteiger partial charge in [0.2, 0.25) is 0 Å². The molecular formula is C20H32IN5S. The SMILES string of the molecule is CCNC(=NCc1ccccc1CN(C)C)NCCc1nc(C)c(C)s1.I. The highest BCUT2D eigenvalue weighted by Crippen LogP contribution is 2.16. The molecule has 0 fully saturated rings. The van der Waals surface area contributed by atoms with Gasteiger partial charge >= 0.3 is 0 Å². The normalized spacial score (nSPS) is 11.4. The Morgan fingerprint density at radius 1 is 1.15 bits per heavy atom. The van der Waals surface area contributed by atoms with Gasteiger partial charge in [-0.3, -0.25) is 0 Å². The lowest BCUT2D eigenvalue weighted by molar-refractivity contribution is 0.401. The Balaban J connectivity index is 0.00000364. The number of aryl methyl sites for hydroxylation is 2. The molecule has 2 aromatic rings. The van der Waals surface area contributed by atoms with Gasteiger partial charge in [0.1, 0.15) is 0 Å². The summed E-state index contributed by atoms with van der Waals surface area (Å²) < 4.78 is 0. The first-order valence-electron chi connectivity index (χ1n) is 9.16. The van der Waals surface area contributed by atoms with Crippen molar-refractivity contribution in [3.63, 3.8) is 0 Å². The molecule has 150 valence electrons. The molecule has 2 N–H and O–H groups in total. The van der Waals surface area contributed by atoms with Gasteiger partial charge in [0.05, 0.1) is 17.2 Å². The molecule has 2 rings (SSSR count). The van der Waals surface area contributed by atoms with Gasteiger partial charge in [0.15, 0.2) is 5.96 Å². The van der Waals surface area contributed by atoms with Crippen LogP contribution in [-0.4, -0.2) is 43.0 Å². The smallest absolute Gasteiger partial charge is 0.191 e. The van der Waals surface area contributed by atoms with E-state index in [1.165, 1.54) is 21.0 Å². The molecule has 0 aliphatic heterocycles. The van der Waals surface area contributed by atoms with Gasteiger partial charge in [-0.15, -0.1) is 35.3 Å². The summed E-state index contributed by atoms with van der Waals surface area (Å²) in [5.74, 6) is 0.858. The van der Waals surface area contributed by atoms with Crippen LogP contribution >= 0.6 is 35.3 Å². The summed E-state index contributed by atoms with van der Waals surface area (Å²) in [5, 5.41) is 7.93. The topological polar surface area (TPSA) is 52.6 Å². The van der Waals surface area contributed by atoms with Crippen molar-refractivity contribution in [1.29, 1.82) is 0 Å². The minimum atomic E-state index is 0. The largest absolute Gasteiger partial charge is 0.357 e. The molecule has 0 aliphatic carbocycles. The predicted molar refractivity (Wildman–Crippen MR) is 127 cm³/mol. The summed E-state index contributed by atoms with van der Waals surface area (Å²) >= 11 is 1.78. The highest BCUT2D eigenvalue weighted by Gasteiger charge is 2.06. The van der Waals surface area contributed by atoms with Crippen molar-refractivity contribution in [2.45, 2.75) is 40.3 Å². The second-order valence-corrected chi connectivity index (χ2v) is 7.92. The fourth-order valence-electron chi connectivity index (χ4n) is 2.65. The third kappa shape index (κ3) is 8.15. The number of aromatic nitrogens is 1. The number of hydrogen-bond acceptors (Lipinski definition) is 4. The summed E-state index contributed by atoms with van der Waals surface area (Å²) in [6.45, 7) is 9.57. The van der Waals surface area contributed by atoms with Crippen LogP contribution in [0.25, 0.3) is 0 Å². The van der Waals surface area contributed by atoms with E-state index in [-0.39, 0.29) is 24.0 Å². The van der Waals surface area contributed by atoms with Crippen LogP contribution in [0.5, 0.6) is 0 Å². The lowest BCUT2D eigenvalue weighted by atomic mass is 10.1. The monoisotopic (exact) mass is 501 g/mol. The maximum atomic E-state index is 4.76. The lowest BCUT2D eigenvalue weighted by Gasteiger charge is -2.14. The molecule has 0 saturated carbocycles. The third-order valence-corrected chi connectivity index (χ3v) is 5.19. The molecule has 1 aromatic carbocycles.